The van der Waals surface area contributed by atoms with E-state index in [1.807, 2.05) is 17.5 Å². The quantitative estimate of drug-likeness (QED) is 0.892. The summed E-state index contributed by atoms with van der Waals surface area (Å²) in [5.41, 5.74) is 0. The van der Waals surface area contributed by atoms with Crippen LogP contribution in [-0.2, 0) is 6.42 Å². The molecule has 0 aliphatic carbocycles. The van der Waals surface area contributed by atoms with Gasteiger partial charge in [-0.05, 0) is 32.9 Å². The average Bonchev–Trinajstić information content (AvgIpc) is 2.88. The van der Waals surface area contributed by atoms with E-state index < -0.39 is 0 Å². The summed E-state index contributed by atoms with van der Waals surface area (Å²) in [6, 6.07) is 4.84. The topological polar surface area (TPSA) is 24.9 Å². The number of aryl methyl sites for hydroxylation is 2. The van der Waals surface area contributed by atoms with Crippen LogP contribution in [0.5, 0.6) is 0 Å². The van der Waals surface area contributed by atoms with Crippen LogP contribution in [0, 0.1) is 13.8 Å². The van der Waals surface area contributed by atoms with Gasteiger partial charge in [0.05, 0.1) is 5.01 Å². The molecule has 2 nitrogen and oxygen atoms in total. The Labute approximate surface area is 111 Å². The highest BCUT2D eigenvalue weighted by Crippen LogP contribution is 2.22. The fourth-order valence-corrected chi connectivity index (χ4v) is 3.39. The number of hydrogen-bond acceptors (Lipinski definition) is 4. The average molecular weight is 266 g/mol. The highest BCUT2D eigenvalue weighted by atomic mass is 32.1. The lowest BCUT2D eigenvalue weighted by atomic mass is 10.2. The number of hydrogen-bond donors (Lipinski definition) is 1. The predicted molar refractivity (Wildman–Crippen MR) is 76.0 cm³/mol. The van der Waals surface area contributed by atoms with Crippen molar-refractivity contribution in [1.82, 2.24) is 10.3 Å². The maximum atomic E-state index is 4.37. The number of nitrogens with one attached hydrogen (secondary N) is 1. The zero-order chi connectivity index (χ0) is 12.3. The van der Waals surface area contributed by atoms with Crippen molar-refractivity contribution in [2.45, 2.75) is 33.2 Å². The second-order valence-corrected chi connectivity index (χ2v) is 6.88. The molecule has 0 saturated heterocycles. The highest BCUT2D eigenvalue weighted by Gasteiger charge is 2.07. The summed E-state index contributed by atoms with van der Waals surface area (Å²) in [7, 11) is 0. The smallest absolute Gasteiger partial charge is 0.0940 e. The summed E-state index contributed by atoms with van der Waals surface area (Å²) in [4.78, 5) is 8.46. The molecule has 0 amide bonds. The molecule has 0 spiro atoms. The molecule has 2 aromatic heterocycles. The third-order valence-electron chi connectivity index (χ3n) is 2.65. The molecule has 0 aliphatic heterocycles. The molecule has 4 heteroatoms. The summed E-state index contributed by atoms with van der Waals surface area (Å²) in [6.45, 7) is 7.47. The first-order valence-electron chi connectivity index (χ1n) is 5.86. The third kappa shape index (κ3) is 3.63. The standard InChI is InChI=1S/C13H18N2S2/c1-9-4-5-12(16-9)11(3)14-7-6-13-15-8-10(2)17-13/h4-5,8,11,14H,6-7H2,1-3H3/t11-/m1/s1. The van der Waals surface area contributed by atoms with Crippen molar-refractivity contribution in [2.75, 3.05) is 6.54 Å². The van der Waals surface area contributed by atoms with Crippen molar-refractivity contribution in [2.24, 2.45) is 0 Å². The van der Waals surface area contributed by atoms with Gasteiger partial charge in [-0.25, -0.2) is 4.98 Å². The Morgan fingerprint density at radius 1 is 1.24 bits per heavy atom. The van der Waals surface area contributed by atoms with E-state index in [0.29, 0.717) is 6.04 Å². The normalized spacial score (nSPS) is 12.9. The summed E-state index contributed by atoms with van der Waals surface area (Å²) in [5.74, 6) is 0. The van der Waals surface area contributed by atoms with Gasteiger partial charge >= 0.3 is 0 Å². The van der Waals surface area contributed by atoms with Gasteiger partial charge in [0.1, 0.15) is 0 Å². The summed E-state index contributed by atoms with van der Waals surface area (Å²) in [6.07, 6.45) is 2.97. The third-order valence-corrected chi connectivity index (χ3v) is 4.80. The lowest BCUT2D eigenvalue weighted by Gasteiger charge is -2.10. The zero-order valence-corrected chi connectivity index (χ0v) is 12.1. The number of aromatic nitrogens is 1. The molecule has 0 fully saturated rings. The van der Waals surface area contributed by atoms with E-state index in [4.69, 9.17) is 0 Å². The van der Waals surface area contributed by atoms with E-state index >= 15 is 0 Å². The minimum absolute atomic E-state index is 0.440. The molecule has 0 radical (unpaired) electrons. The van der Waals surface area contributed by atoms with Gasteiger partial charge in [-0.3, -0.25) is 0 Å². The number of nitrogens with zero attached hydrogens (tertiary/aromatic N) is 1. The van der Waals surface area contributed by atoms with E-state index in [1.54, 1.807) is 11.3 Å². The van der Waals surface area contributed by atoms with Gasteiger partial charge in [0, 0.05) is 39.8 Å². The molecule has 0 saturated carbocycles. The Morgan fingerprint density at radius 3 is 2.65 bits per heavy atom. The van der Waals surface area contributed by atoms with Gasteiger partial charge in [-0.2, -0.15) is 0 Å². The van der Waals surface area contributed by atoms with Crippen molar-refractivity contribution >= 4 is 22.7 Å². The van der Waals surface area contributed by atoms with Gasteiger partial charge in [0.2, 0.25) is 0 Å². The molecule has 0 aromatic carbocycles. The maximum absolute atomic E-state index is 4.37. The molecule has 0 aliphatic rings. The molecule has 2 rings (SSSR count). The van der Waals surface area contributed by atoms with Crippen molar-refractivity contribution in [3.05, 3.63) is 38.0 Å². The van der Waals surface area contributed by atoms with E-state index in [9.17, 15) is 0 Å². The molecule has 92 valence electrons. The number of thiazole rings is 1. The van der Waals surface area contributed by atoms with Crippen LogP contribution >= 0.6 is 22.7 Å². The molecule has 2 heterocycles. The first kappa shape index (κ1) is 12.7. The first-order valence-corrected chi connectivity index (χ1v) is 7.49. The predicted octanol–water partition coefficient (Wildman–Crippen LogP) is 3.71. The second-order valence-electron chi connectivity index (χ2n) is 4.24. The van der Waals surface area contributed by atoms with E-state index in [0.717, 1.165) is 13.0 Å². The minimum Gasteiger partial charge on any atom is -0.309 e. The fraction of sp³-hybridized carbons (Fsp3) is 0.462. The molecule has 1 atom stereocenters. The van der Waals surface area contributed by atoms with Crippen LogP contribution in [0.3, 0.4) is 0 Å². The van der Waals surface area contributed by atoms with Crippen molar-refractivity contribution in [3.8, 4) is 0 Å². The Morgan fingerprint density at radius 2 is 2.06 bits per heavy atom. The van der Waals surface area contributed by atoms with Crippen LogP contribution in [-0.4, -0.2) is 11.5 Å². The summed E-state index contributed by atoms with van der Waals surface area (Å²) in [5, 5.41) is 4.77. The van der Waals surface area contributed by atoms with Crippen molar-refractivity contribution < 1.29 is 0 Å². The Hall–Kier alpha value is -0.710. The molecular formula is C13H18N2S2. The van der Waals surface area contributed by atoms with Gasteiger partial charge in [-0.1, -0.05) is 0 Å². The molecule has 0 unspecified atom stereocenters. The SMILES string of the molecule is Cc1ccc([C@@H](C)NCCc2ncc(C)s2)s1. The Bertz CT molecular complexity index is 473. The lowest BCUT2D eigenvalue weighted by molar-refractivity contribution is 0.584. The van der Waals surface area contributed by atoms with Gasteiger partial charge in [-0.15, -0.1) is 22.7 Å². The van der Waals surface area contributed by atoms with Crippen LogP contribution < -0.4 is 5.32 Å². The van der Waals surface area contributed by atoms with Crippen LogP contribution in [0.2, 0.25) is 0 Å². The number of rotatable bonds is 5. The molecule has 1 N–H and O–H groups in total. The van der Waals surface area contributed by atoms with Crippen molar-refractivity contribution in [1.29, 1.82) is 0 Å². The summed E-state index contributed by atoms with van der Waals surface area (Å²) >= 11 is 3.66. The van der Waals surface area contributed by atoms with Crippen molar-refractivity contribution in [3.63, 3.8) is 0 Å². The second kappa shape index (κ2) is 5.76. The molecule has 0 bridgehead atoms. The summed E-state index contributed by atoms with van der Waals surface area (Å²) < 4.78 is 0. The van der Waals surface area contributed by atoms with Gasteiger partial charge in [0.15, 0.2) is 0 Å². The van der Waals surface area contributed by atoms with Crippen LogP contribution in [0.25, 0.3) is 0 Å². The van der Waals surface area contributed by atoms with Crippen LogP contribution in [0.15, 0.2) is 18.3 Å². The lowest BCUT2D eigenvalue weighted by Crippen LogP contribution is -2.20. The molecule has 17 heavy (non-hydrogen) atoms. The van der Waals surface area contributed by atoms with Gasteiger partial charge < -0.3 is 5.32 Å². The Kier molecular flexibility index (Phi) is 4.31. The van der Waals surface area contributed by atoms with Gasteiger partial charge in [0.25, 0.3) is 0 Å². The van der Waals surface area contributed by atoms with E-state index in [2.05, 4.69) is 43.2 Å². The monoisotopic (exact) mass is 266 g/mol. The first-order chi connectivity index (χ1) is 8.15. The Balaban J connectivity index is 1.78. The molecule has 2 aromatic rings. The largest absolute Gasteiger partial charge is 0.309 e. The van der Waals surface area contributed by atoms with E-state index in [1.165, 1.54) is 19.6 Å². The number of thiophene rings is 1. The highest BCUT2D eigenvalue weighted by molar-refractivity contribution is 7.12. The van der Waals surface area contributed by atoms with Crippen LogP contribution in [0.4, 0.5) is 0 Å². The molecular weight excluding hydrogens is 248 g/mol. The van der Waals surface area contributed by atoms with E-state index in [-0.39, 0.29) is 0 Å². The fourth-order valence-electron chi connectivity index (χ4n) is 1.70. The zero-order valence-electron chi connectivity index (χ0n) is 10.5. The van der Waals surface area contributed by atoms with Crippen LogP contribution in [0.1, 0.15) is 32.6 Å². The minimum atomic E-state index is 0.440. The maximum Gasteiger partial charge on any atom is 0.0940 e.